The fourth-order valence-corrected chi connectivity index (χ4v) is 7.78. The van der Waals surface area contributed by atoms with Crippen LogP contribution in [0.25, 0.3) is 0 Å². The van der Waals surface area contributed by atoms with Crippen LogP contribution in [0.4, 0.5) is 20.1 Å². The summed E-state index contributed by atoms with van der Waals surface area (Å²) in [6.07, 6.45) is -0.425. The van der Waals surface area contributed by atoms with Crippen LogP contribution in [-0.4, -0.2) is 181 Å². The van der Waals surface area contributed by atoms with Gasteiger partial charge in [-0.25, -0.2) is 22.8 Å². The van der Waals surface area contributed by atoms with Gasteiger partial charge in [-0.05, 0) is 240 Å². The Morgan fingerprint density at radius 3 is 1.10 bits per heavy atom. The predicted octanol–water partition coefficient (Wildman–Crippen LogP) is 12.9. The quantitative estimate of drug-likeness (QED) is 0.113. The lowest BCUT2D eigenvalue weighted by Gasteiger charge is -2.24. The van der Waals surface area contributed by atoms with E-state index in [0.29, 0.717) is 45.8 Å². The van der Waals surface area contributed by atoms with Crippen LogP contribution in [0.5, 0.6) is 0 Å². The molecular weight excluding hydrogens is 1400 g/mol. The van der Waals surface area contributed by atoms with E-state index < -0.39 is 33.6 Å². The summed E-state index contributed by atoms with van der Waals surface area (Å²) in [5.74, 6) is 54.4. The zero-order valence-electron chi connectivity index (χ0n) is 74.6. The molecule has 2 aliphatic heterocycles. The number of sulfone groups is 1. The van der Waals surface area contributed by atoms with Crippen LogP contribution in [0.2, 0.25) is 0 Å². The molecule has 0 radical (unpaired) electrons. The number of benzene rings is 1. The number of nitrogens with two attached hydrogens (primary N) is 2. The number of primary amides is 2. The molecule has 620 valence electrons. The van der Waals surface area contributed by atoms with Gasteiger partial charge in [0.1, 0.15) is 12.2 Å². The van der Waals surface area contributed by atoms with E-state index in [1.54, 1.807) is 0 Å². The second kappa shape index (κ2) is 56.9. The fourth-order valence-electron chi connectivity index (χ4n) is 6.51. The van der Waals surface area contributed by atoms with E-state index in [9.17, 15) is 32.4 Å². The summed E-state index contributed by atoms with van der Waals surface area (Å²) in [6.45, 7) is 72.7. The molecule has 1 aromatic rings. The van der Waals surface area contributed by atoms with Crippen LogP contribution in [0.3, 0.4) is 0 Å². The van der Waals surface area contributed by atoms with Gasteiger partial charge in [0.15, 0.2) is 9.84 Å². The molecule has 3 rings (SSSR count). The van der Waals surface area contributed by atoms with Crippen molar-refractivity contribution in [1.29, 1.82) is 0 Å². The van der Waals surface area contributed by atoms with Gasteiger partial charge in [0, 0.05) is 100 Å². The zero-order chi connectivity index (χ0) is 87.1. The SMILES string of the molecule is CC(=O)NCC#CC(C)(C)C.CC(=O)Nc1cccc(C#CC(C)(C)C)c1.CC(C)(C)C#CCN1CCOCC1.CC(C)(C)C#CCN1CCS(=O)(=O)CC1.CC(C)(C)C#CCNC(=O)OC(C)(C)C.CC(C)(C)C#CCNC(N)=O.CC(C)(C)C#CCNC(N)=O.CC(C)(C)C#CCO.CN(C)CC#CC(C)(C)C. The molecule has 2 fully saturated rings. The molecule has 1 aromatic carbocycles. The Morgan fingerprint density at radius 2 is 0.791 bits per heavy atom. The molecule has 110 heavy (non-hydrogen) atoms. The van der Waals surface area contributed by atoms with Gasteiger partial charge in [-0.3, -0.25) is 24.3 Å². The summed E-state index contributed by atoms with van der Waals surface area (Å²) in [7, 11) is 1.29. The van der Waals surface area contributed by atoms with Gasteiger partial charge in [0.05, 0.1) is 70.5 Å². The number of nitrogens with one attached hydrogen (secondary N) is 5. The van der Waals surface area contributed by atoms with Crippen molar-refractivity contribution in [2.24, 2.45) is 60.2 Å². The van der Waals surface area contributed by atoms with Crippen molar-refractivity contribution >= 4 is 45.5 Å². The van der Waals surface area contributed by atoms with E-state index in [1.807, 2.05) is 163 Å². The summed E-state index contributed by atoms with van der Waals surface area (Å²) in [5.41, 5.74) is 11.2. The Kier molecular flexibility index (Phi) is 58.3. The molecular formula is C89H148N10O10S. The molecule has 0 aromatic heterocycles. The number of carbonyl (C=O) groups excluding carboxylic acids is 5. The summed E-state index contributed by atoms with van der Waals surface area (Å²) in [5, 5.41) is 20.9. The minimum absolute atomic E-state index is 0.00991. The van der Waals surface area contributed by atoms with Gasteiger partial charge in [-0.15, -0.1) is 0 Å². The number of carbonyl (C=O) groups is 5. The third-order valence-electron chi connectivity index (χ3n) is 10.9. The van der Waals surface area contributed by atoms with Gasteiger partial charge in [-0.1, -0.05) is 113 Å². The number of anilines is 1. The minimum atomic E-state index is -2.76. The van der Waals surface area contributed by atoms with Crippen LogP contribution < -0.4 is 38.1 Å². The molecule has 0 aliphatic carbocycles. The monoisotopic (exact) mass is 1550 g/mol. The maximum atomic E-state index is 11.2. The number of nitrogens with zero attached hydrogens (tertiary/aromatic N) is 3. The Balaban J connectivity index is -0.000000279. The highest BCUT2D eigenvalue weighted by Crippen LogP contribution is 2.17. The van der Waals surface area contributed by atoms with Crippen molar-refractivity contribution in [3.05, 3.63) is 29.8 Å². The predicted molar refractivity (Wildman–Crippen MR) is 461 cm³/mol. The van der Waals surface area contributed by atoms with E-state index in [2.05, 4.69) is 231 Å². The van der Waals surface area contributed by atoms with E-state index in [4.69, 9.17) is 26.0 Å². The van der Waals surface area contributed by atoms with Crippen molar-refractivity contribution < 1.29 is 47.0 Å². The second-order valence-corrected chi connectivity index (χ2v) is 38.4. The number of aliphatic hydroxyl groups excluding tert-OH is 1. The van der Waals surface area contributed by atoms with E-state index in [1.165, 1.54) is 13.8 Å². The largest absolute Gasteiger partial charge is 0.444 e. The summed E-state index contributed by atoms with van der Waals surface area (Å²) >= 11 is 0. The number of rotatable bonds is 8. The van der Waals surface area contributed by atoms with Crippen molar-refractivity contribution in [2.45, 2.75) is 227 Å². The van der Waals surface area contributed by atoms with E-state index >= 15 is 0 Å². The maximum absolute atomic E-state index is 11.2. The highest BCUT2D eigenvalue weighted by atomic mass is 32.2. The average molecular weight is 1550 g/mol. The molecule has 7 amide bonds. The first kappa shape index (κ1) is 113. The van der Waals surface area contributed by atoms with Gasteiger partial charge in [0.25, 0.3) is 0 Å². The Hall–Kier alpha value is -8.24. The van der Waals surface area contributed by atoms with E-state index in [0.717, 1.165) is 50.6 Å². The number of amides is 7. The molecule has 0 atom stereocenters. The van der Waals surface area contributed by atoms with Gasteiger partial charge in [0.2, 0.25) is 11.8 Å². The van der Waals surface area contributed by atoms with Crippen molar-refractivity contribution in [1.82, 2.24) is 36.0 Å². The van der Waals surface area contributed by atoms with Crippen LogP contribution in [0.1, 0.15) is 227 Å². The normalized spacial score (nSPS) is 12.9. The lowest BCUT2D eigenvalue weighted by atomic mass is 9.97. The van der Waals surface area contributed by atoms with Gasteiger partial charge >= 0.3 is 18.2 Å². The molecule has 2 heterocycles. The standard InChI is InChI=1S/C14H17NO.C12H21NO2.C11H19NO2S.C11H19NO.C9H15NO.C9H17N.2C8H14N2O.C7H12O/c1-11(16)15-13-7-5-6-12(10-13)8-9-14(2,3)4;1-11(2,3)8-7-9-13-10(14)15-12(4,5)6;1-11(2,3)5-4-6-12-7-9-15(13,14)10-8-12;1-11(2,3)5-4-6-12-7-9-13-10-8-12;1-8(11)10-7-5-6-9(2,3)4;1-9(2,3)7-6-8-10(4)5;2*1-8(2,3)5-4-6-10-7(9)11;1-7(2,3)5-4-6-8/h5-7,10H,1-4H3,(H,15,16);9H2,1-6H3,(H,13,14);6-10H2,1-3H3;6-10H2,1-3H3;7H2,1-4H3,(H,10,11);8H2,1-5H3;2*6H2,1-3H3,(H3,9,10,11);8H,6H2,1-3H3. The minimum Gasteiger partial charge on any atom is -0.444 e. The smallest absolute Gasteiger partial charge is 0.408 e. The zero-order valence-corrected chi connectivity index (χ0v) is 75.5. The first-order chi connectivity index (χ1) is 49.6. The van der Waals surface area contributed by atoms with Crippen LogP contribution >= 0.6 is 0 Å². The molecule has 2 aliphatic rings. The first-order valence-electron chi connectivity index (χ1n) is 37.2. The number of urea groups is 2. The van der Waals surface area contributed by atoms with Crippen LogP contribution in [0, 0.1) is 155 Å². The molecule has 0 bridgehead atoms. The molecule has 2 saturated heterocycles. The van der Waals surface area contributed by atoms with Crippen LogP contribution in [0.15, 0.2) is 24.3 Å². The summed E-state index contributed by atoms with van der Waals surface area (Å²) in [6, 6.07) is 6.48. The highest BCUT2D eigenvalue weighted by Gasteiger charge is 2.21. The summed E-state index contributed by atoms with van der Waals surface area (Å²) < 4.78 is 32.6. The molecule has 10 N–H and O–H groups in total. The third kappa shape index (κ3) is 108. The maximum Gasteiger partial charge on any atom is 0.408 e. The van der Waals surface area contributed by atoms with E-state index in [-0.39, 0.29) is 78.7 Å². The number of aliphatic hydroxyl groups is 1. The number of hydrogen-bond acceptors (Lipinski definition) is 13. The van der Waals surface area contributed by atoms with Crippen LogP contribution in [-0.2, 0) is 28.9 Å². The molecule has 0 saturated carbocycles. The first-order valence-corrected chi connectivity index (χ1v) is 39.1. The van der Waals surface area contributed by atoms with Crippen molar-refractivity contribution in [3.8, 4) is 107 Å². The van der Waals surface area contributed by atoms with Crippen molar-refractivity contribution in [2.75, 3.05) is 123 Å². The lowest BCUT2D eigenvalue weighted by molar-refractivity contribution is -0.118. The van der Waals surface area contributed by atoms with Crippen molar-refractivity contribution in [3.63, 3.8) is 0 Å². The number of alkyl carbamates (subject to hydrolysis) is 1. The number of ether oxygens (including phenoxy) is 2. The van der Waals surface area contributed by atoms with Gasteiger partial charge in [-0.2, -0.15) is 0 Å². The lowest BCUT2D eigenvalue weighted by Crippen LogP contribution is -2.40. The fraction of sp³-hybridized carbons (Fsp3) is 0.674. The highest BCUT2D eigenvalue weighted by molar-refractivity contribution is 7.91. The second-order valence-electron chi connectivity index (χ2n) is 36.1. The Bertz CT molecular complexity index is 3480. The Labute approximate surface area is 671 Å². The number of hydrogen-bond donors (Lipinski definition) is 8. The van der Waals surface area contributed by atoms with Gasteiger partial charge < -0.3 is 52.6 Å². The summed E-state index contributed by atoms with van der Waals surface area (Å²) in [4.78, 5) is 59.3. The molecule has 21 heteroatoms. The molecule has 0 unspecified atom stereocenters. The average Bonchev–Trinajstić information content (AvgIpc) is 0.882. The number of morpholine rings is 1. The molecule has 0 spiro atoms. The topological polar surface area (TPSA) is 280 Å². The molecule has 20 nitrogen and oxygen atoms in total. The third-order valence-corrected chi connectivity index (χ3v) is 12.5. The Morgan fingerprint density at radius 1 is 0.464 bits per heavy atom.